The van der Waals surface area contributed by atoms with E-state index in [4.69, 9.17) is 0 Å². The fourth-order valence-electron chi connectivity index (χ4n) is 1.12. The summed E-state index contributed by atoms with van der Waals surface area (Å²) in [5, 5.41) is 13.7. The number of nitrogens with one attached hydrogen (secondary N) is 1. The first-order valence-electron chi connectivity index (χ1n) is 4.38. The number of aromatic nitrogens is 1. The van der Waals surface area contributed by atoms with Gasteiger partial charge in [-0.1, -0.05) is 0 Å². The third-order valence-electron chi connectivity index (χ3n) is 1.66. The van der Waals surface area contributed by atoms with Crippen molar-refractivity contribution in [3.05, 3.63) is 28.1 Å². The first-order chi connectivity index (χ1) is 6.50. The molecule has 1 aromatic heterocycles. The summed E-state index contributed by atoms with van der Waals surface area (Å²) >= 11 is 0. The van der Waals surface area contributed by atoms with Gasteiger partial charge in [0.1, 0.15) is 11.9 Å². The Bertz CT molecular complexity index is 350. The number of pyridine rings is 1. The topological polar surface area (TPSA) is 68.1 Å². The molecule has 5 heteroatoms. The smallest absolute Gasteiger partial charge is 0.310 e. The fraction of sp³-hybridized carbons (Fsp3) is 0.444. The van der Waals surface area contributed by atoms with Crippen molar-refractivity contribution in [1.82, 2.24) is 4.98 Å². The van der Waals surface area contributed by atoms with Crippen LogP contribution in [-0.4, -0.2) is 15.9 Å². The number of aryl methyl sites for hydroxylation is 1. The molecule has 0 aliphatic carbocycles. The maximum absolute atomic E-state index is 10.6. The highest BCUT2D eigenvalue weighted by atomic mass is 16.6. The van der Waals surface area contributed by atoms with Gasteiger partial charge in [0.05, 0.1) is 4.92 Å². The molecule has 14 heavy (non-hydrogen) atoms. The first kappa shape index (κ1) is 10.4. The van der Waals surface area contributed by atoms with Crippen LogP contribution in [0.2, 0.25) is 0 Å². The van der Waals surface area contributed by atoms with Crippen LogP contribution in [0.5, 0.6) is 0 Å². The molecule has 0 aromatic carbocycles. The Labute approximate surface area is 82.3 Å². The van der Waals surface area contributed by atoms with Crippen molar-refractivity contribution < 1.29 is 4.92 Å². The SMILES string of the molecule is Cc1cc(NC(C)C)c([N+](=O)[O-])cn1. The zero-order valence-corrected chi connectivity index (χ0v) is 8.44. The molecule has 0 aliphatic rings. The van der Waals surface area contributed by atoms with E-state index in [1.807, 2.05) is 13.8 Å². The van der Waals surface area contributed by atoms with Gasteiger partial charge in [-0.2, -0.15) is 0 Å². The summed E-state index contributed by atoms with van der Waals surface area (Å²) in [5.74, 6) is 0. The number of rotatable bonds is 3. The number of anilines is 1. The first-order valence-corrected chi connectivity index (χ1v) is 4.38. The van der Waals surface area contributed by atoms with Gasteiger partial charge in [-0.25, -0.2) is 0 Å². The summed E-state index contributed by atoms with van der Waals surface area (Å²) < 4.78 is 0. The Morgan fingerprint density at radius 3 is 2.71 bits per heavy atom. The zero-order chi connectivity index (χ0) is 10.7. The Balaban J connectivity index is 3.09. The molecule has 1 rings (SSSR count). The van der Waals surface area contributed by atoms with E-state index in [0.29, 0.717) is 5.69 Å². The molecular formula is C9H13N3O2. The molecule has 0 amide bonds. The summed E-state index contributed by atoms with van der Waals surface area (Å²) in [7, 11) is 0. The normalized spacial score (nSPS) is 10.3. The molecule has 76 valence electrons. The molecular weight excluding hydrogens is 182 g/mol. The van der Waals surface area contributed by atoms with Crippen LogP contribution < -0.4 is 5.32 Å². The average molecular weight is 195 g/mol. The van der Waals surface area contributed by atoms with Gasteiger partial charge < -0.3 is 5.32 Å². The average Bonchev–Trinajstić information content (AvgIpc) is 2.01. The minimum atomic E-state index is -0.433. The van der Waals surface area contributed by atoms with Crippen LogP contribution in [0, 0.1) is 17.0 Å². The van der Waals surface area contributed by atoms with Gasteiger partial charge in [0.15, 0.2) is 0 Å². The molecule has 0 spiro atoms. The van der Waals surface area contributed by atoms with Crippen molar-refractivity contribution in [1.29, 1.82) is 0 Å². The molecule has 0 atom stereocenters. The largest absolute Gasteiger partial charge is 0.377 e. The van der Waals surface area contributed by atoms with Crippen molar-refractivity contribution in [3.8, 4) is 0 Å². The lowest BCUT2D eigenvalue weighted by Crippen LogP contribution is -2.11. The molecule has 0 aliphatic heterocycles. The van der Waals surface area contributed by atoms with Crippen molar-refractivity contribution in [2.75, 3.05) is 5.32 Å². The molecule has 0 saturated carbocycles. The van der Waals surface area contributed by atoms with Crippen molar-refractivity contribution in [2.24, 2.45) is 0 Å². The third-order valence-corrected chi connectivity index (χ3v) is 1.66. The molecule has 0 saturated heterocycles. The van der Waals surface area contributed by atoms with Gasteiger partial charge in [-0.3, -0.25) is 15.1 Å². The van der Waals surface area contributed by atoms with Gasteiger partial charge >= 0.3 is 5.69 Å². The molecule has 1 aromatic rings. The van der Waals surface area contributed by atoms with E-state index in [-0.39, 0.29) is 11.7 Å². The molecule has 0 bridgehead atoms. The highest BCUT2D eigenvalue weighted by molar-refractivity contribution is 5.61. The van der Waals surface area contributed by atoms with Crippen molar-refractivity contribution >= 4 is 11.4 Å². The quantitative estimate of drug-likeness (QED) is 0.592. The number of hydrogen-bond donors (Lipinski definition) is 1. The monoisotopic (exact) mass is 195 g/mol. The fourth-order valence-corrected chi connectivity index (χ4v) is 1.12. The van der Waals surface area contributed by atoms with Crippen LogP contribution in [0.1, 0.15) is 19.5 Å². The van der Waals surface area contributed by atoms with Gasteiger partial charge in [-0.15, -0.1) is 0 Å². The van der Waals surface area contributed by atoms with Crippen LogP contribution in [-0.2, 0) is 0 Å². The van der Waals surface area contributed by atoms with Crippen LogP contribution in [0.15, 0.2) is 12.3 Å². The van der Waals surface area contributed by atoms with Crippen LogP contribution in [0.3, 0.4) is 0 Å². The summed E-state index contributed by atoms with van der Waals surface area (Å²) in [5.41, 5.74) is 1.31. The minimum Gasteiger partial charge on any atom is -0.377 e. The highest BCUT2D eigenvalue weighted by Crippen LogP contribution is 2.23. The van der Waals surface area contributed by atoms with E-state index in [2.05, 4.69) is 10.3 Å². The van der Waals surface area contributed by atoms with Crippen molar-refractivity contribution in [2.45, 2.75) is 26.8 Å². The Kier molecular flexibility index (Phi) is 3.01. The van der Waals surface area contributed by atoms with E-state index in [1.54, 1.807) is 13.0 Å². The molecule has 5 nitrogen and oxygen atoms in total. The Morgan fingerprint density at radius 2 is 2.21 bits per heavy atom. The third kappa shape index (κ3) is 2.42. The predicted octanol–water partition coefficient (Wildman–Crippen LogP) is 2.12. The van der Waals surface area contributed by atoms with E-state index in [1.165, 1.54) is 6.20 Å². The second kappa shape index (κ2) is 4.04. The number of nitrogens with zero attached hydrogens (tertiary/aromatic N) is 2. The predicted molar refractivity (Wildman–Crippen MR) is 54.4 cm³/mol. The number of hydrogen-bond acceptors (Lipinski definition) is 4. The van der Waals surface area contributed by atoms with Gasteiger partial charge in [0.2, 0.25) is 0 Å². The van der Waals surface area contributed by atoms with Crippen LogP contribution in [0.25, 0.3) is 0 Å². The van der Waals surface area contributed by atoms with Gasteiger partial charge in [0.25, 0.3) is 0 Å². The van der Waals surface area contributed by atoms with E-state index >= 15 is 0 Å². The van der Waals surface area contributed by atoms with E-state index in [9.17, 15) is 10.1 Å². The van der Waals surface area contributed by atoms with Gasteiger partial charge in [0, 0.05) is 11.7 Å². The van der Waals surface area contributed by atoms with Crippen LogP contribution in [0.4, 0.5) is 11.4 Å². The summed E-state index contributed by atoms with van der Waals surface area (Å²) in [4.78, 5) is 14.1. The highest BCUT2D eigenvalue weighted by Gasteiger charge is 2.14. The lowest BCUT2D eigenvalue weighted by atomic mass is 10.2. The standard InChI is InChI=1S/C9H13N3O2/c1-6(2)11-8-4-7(3)10-5-9(8)12(13)14/h4-6H,1-3H3,(H,10,11). The Morgan fingerprint density at radius 1 is 1.57 bits per heavy atom. The van der Waals surface area contributed by atoms with Crippen molar-refractivity contribution in [3.63, 3.8) is 0 Å². The maximum Gasteiger partial charge on any atom is 0.310 e. The molecule has 0 radical (unpaired) electrons. The van der Waals surface area contributed by atoms with E-state index < -0.39 is 4.92 Å². The molecule has 1 heterocycles. The Hall–Kier alpha value is -1.65. The molecule has 0 fully saturated rings. The lowest BCUT2D eigenvalue weighted by molar-refractivity contribution is -0.384. The molecule has 1 N–H and O–H groups in total. The number of nitro groups is 1. The second-order valence-corrected chi connectivity index (χ2v) is 3.40. The second-order valence-electron chi connectivity index (χ2n) is 3.40. The minimum absolute atomic E-state index is 0.0179. The summed E-state index contributed by atoms with van der Waals surface area (Å²) in [6.45, 7) is 5.66. The summed E-state index contributed by atoms with van der Waals surface area (Å²) in [6, 6.07) is 1.84. The zero-order valence-electron chi connectivity index (χ0n) is 8.44. The van der Waals surface area contributed by atoms with Crippen LogP contribution >= 0.6 is 0 Å². The lowest BCUT2D eigenvalue weighted by Gasteiger charge is -2.10. The van der Waals surface area contributed by atoms with Gasteiger partial charge in [-0.05, 0) is 26.8 Å². The maximum atomic E-state index is 10.6. The van der Waals surface area contributed by atoms with E-state index in [0.717, 1.165) is 5.69 Å². The molecule has 0 unspecified atom stereocenters. The summed E-state index contributed by atoms with van der Waals surface area (Å²) in [6.07, 6.45) is 1.28.